The van der Waals surface area contributed by atoms with Crippen molar-refractivity contribution < 1.29 is 19.1 Å². The van der Waals surface area contributed by atoms with Gasteiger partial charge in [-0.25, -0.2) is 4.79 Å². The Kier molecular flexibility index (Phi) is 7.63. The van der Waals surface area contributed by atoms with Gasteiger partial charge in [0.2, 0.25) is 0 Å². The summed E-state index contributed by atoms with van der Waals surface area (Å²) < 4.78 is 10.5. The van der Waals surface area contributed by atoms with Crippen molar-refractivity contribution in [2.45, 2.75) is 53.0 Å². The van der Waals surface area contributed by atoms with Crippen molar-refractivity contribution in [1.29, 1.82) is 5.26 Å². The highest BCUT2D eigenvalue weighted by Crippen LogP contribution is 2.24. The molecule has 0 saturated carbocycles. The first-order valence-corrected chi connectivity index (χ1v) is 8.70. The molecule has 0 aliphatic heterocycles. The van der Waals surface area contributed by atoms with Crippen molar-refractivity contribution in [3.8, 4) is 11.8 Å². The van der Waals surface area contributed by atoms with Gasteiger partial charge in [0.25, 0.3) is 5.91 Å². The highest BCUT2D eigenvalue weighted by atomic mass is 16.6. The van der Waals surface area contributed by atoms with Crippen LogP contribution in [0, 0.1) is 24.2 Å². The lowest BCUT2D eigenvalue weighted by molar-refractivity contribution is -0.150. The van der Waals surface area contributed by atoms with Gasteiger partial charge in [0.15, 0.2) is 13.2 Å². The first-order valence-electron chi connectivity index (χ1n) is 8.70. The average Bonchev–Trinajstić information content (AvgIpc) is 2.58. The van der Waals surface area contributed by atoms with E-state index in [9.17, 15) is 14.9 Å². The number of amides is 1. The predicted molar refractivity (Wildman–Crippen MR) is 98.7 cm³/mol. The van der Waals surface area contributed by atoms with Crippen molar-refractivity contribution in [3.05, 3.63) is 29.3 Å². The number of carbonyl (C=O) groups excluding carboxylic acids is 2. The Morgan fingerprint density at radius 2 is 1.88 bits per heavy atom. The van der Waals surface area contributed by atoms with Gasteiger partial charge < -0.3 is 14.8 Å². The van der Waals surface area contributed by atoms with E-state index in [2.05, 4.69) is 25.2 Å². The van der Waals surface area contributed by atoms with Gasteiger partial charge in [0, 0.05) is 0 Å². The number of ether oxygens (including phenoxy) is 2. The maximum absolute atomic E-state index is 11.9. The highest BCUT2D eigenvalue weighted by molar-refractivity contribution is 5.81. The molecule has 0 spiro atoms. The molecule has 0 aromatic heterocycles. The van der Waals surface area contributed by atoms with Crippen molar-refractivity contribution >= 4 is 11.9 Å². The van der Waals surface area contributed by atoms with Crippen LogP contribution in [0.25, 0.3) is 0 Å². The lowest BCUT2D eigenvalue weighted by atomic mass is 9.90. The van der Waals surface area contributed by atoms with Gasteiger partial charge in [-0.05, 0) is 42.9 Å². The summed E-state index contributed by atoms with van der Waals surface area (Å²) in [5.74, 6) is -0.267. The molecular formula is C20H28N2O4. The van der Waals surface area contributed by atoms with Gasteiger partial charge in [-0.2, -0.15) is 5.26 Å². The molecule has 6 nitrogen and oxygen atoms in total. The number of benzene rings is 1. The van der Waals surface area contributed by atoms with Crippen LogP contribution in [0.5, 0.6) is 5.75 Å². The zero-order valence-electron chi connectivity index (χ0n) is 16.4. The van der Waals surface area contributed by atoms with Crippen LogP contribution in [0.3, 0.4) is 0 Å². The minimum atomic E-state index is -1.01. The number of nitriles is 1. The molecule has 0 bridgehead atoms. The molecule has 1 rings (SSSR count). The van der Waals surface area contributed by atoms with Crippen LogP contribution in [-0.4, -0.2) is 30.6 Å². The monoisotopic (exact) mass is 360 g/mol. The molecular weight excluding hydrogens is 332 g/mol. The molecule has 6 heteroatoms. The number of hydrogen-bond acceptors (Lipinski definition) is 5. The van der Waals surface area contributed by atoms with Crippen LogP contribution in [0.15, 0.2) is 18.2 Å². The quantitative estimate of drug-likeness (QED) is 0.720. The molecule has 0 radical (unpaired) electrons. The van der Waals surface area contributed by atoms with Gasteiger partial charge in [0.1, 0.15) is 11.3 Å². The SMILES string of the molecule is Cc1ccc(C(C)C)cc1OCC(=O)OCC(=O)N[C@](C)(C#N)C(C)C. The highest BCUT2D eigenvalue weighted by Gasteiger charge is 2.30. The Morgan fingerprint density at radius 1 is 1.23 bits per heavy atom. The second-order valence-corrected chi connectivity index (χ2v) is 7.15. The summed E-state index contributed by atoms with van der Waals surface area (Å²) in [5.41, 5.74) is 1.03. The maximum atomic E-state index is 11.9. The summed E-state index contributed by atoms with van der Waals surface area (Å²) >= 11 is 0. The first kappa shape index (κ1) is 21.5. The first-order chi connectivity index (χ1) is 12.1. The van der Waals surface area contributed by atoms with Gasteiger partial charge in [-0.1, -0.05) is 39.8 Å². The minimum absolute atomic E-state index is 0.0771. The molecule has 1 aromatic carbocycles. The molecule has 1 atom stereocenters. The fourth-order valence-corrected chi connectivity index (χ4v) is 2.08. The molecule has 0 fully saturated rings. The minimum Gasteiger partial charge on any atom is -0.482 e. The second kappa shape index (κ2) is 9.23. The number of esters is 1. The van der Waals surface area contributed by atoms with Crippen molar-refractivity contribution in [2.75, 3.05) is 13.2 Å². The van der Waals surface area contributed by atoms with Gasteiger partial charge >= 0.3 is 5.97 Å². The summed E-state index contributed by atoms with van der Waals surface area (Å²) in [6.45, 7) is 10.6. The standard InChI is InChI=1S/C20H28N2O4/c1-13(2)16-8-7-15(5)17(9-16)25-11-19(24)26-10-18(23)22-20(6,12-21)14(3)4/h7-9,13-14H,10-11H2,1-6H3,(H,22,23)/t20-/m1/s1. The summed E-state index contributed by atoms with van der Waals surface area (Å²) in [5, 5.41) is 11.8. The van der Waals surface area contributed by atoms with E-state index in [-0.39, 0.29) is 12.5 Å². The zero-order valence-corrected chi connectivity index (χ0v) is 16.4. The summed E-state index contributed by atoms with van der Waals surface area (Å²) in [7, 11) is 0. The largest absolute Gasteiger partial charge is 0.482 e. The van der Waals surface area contributed by atoms with Crippen LogP contribution in [0.1, 0.15) is 51.7 Å². The molecule has 0 heterocycles. The number of aryl methyl sites for hydroxylation is 1. The molecule has 1 aromatic rings. The summed E-state index contributed by atoms with van der Waals surface area (Å²) in [6.07, 6.45) is 0. The van der Waals surface area contributed by atoms with E-state index < -0.39 is 24.0 Å². The fraction of sp³-hybridized carbons (Fsp3) is 0.550. The predicted octanol–water partition coefficient (Wildman–Crippen LogP) is 3.09. The van der Waals surface area contributed by atoms with Gasteiger partial charge in [-0.3, -0.25) is 4.79 Å². The summed E-state index contributed by atoms with van der Waals surface area (Å²) in [6, 6.07) is 7.94. The Morgan fingerprint density at radius 3 is 2.42 bits per heavy atom. The van der Waals surface area contributed by atoms with E-state index in [0.717, 1.165) is 11.1 Å². The number of nitrogens with zero attached hydrogens (tertiary/aromatic N) is 1. The number of carbonyl (C=O) groups is 2. The third-order valence-electron chi connectivity index (χ3n) is 4.37. The Hall–Kier alpha value is -2.55. The van der Waals surface area contributed by atoms with Gasteiger partial charge in [-0.15, -0.1) is 0 Å². The fourth-order valence-electron chi connectivity index (χ4n) is 2.08. The molecule has 0 unspecified atom stereocenters. The molecule has 142 valence electrons. The maximum Gasteiger partial charge on any atom is 0.344 e. The van der Waals surface area contributed by atoms with E-state index in [4.69, 9.17) is 9.47 Å². The third kappa shape index (κ3) is 6.07. The topological polar surface area (TPSA) is 88.4 Å². The van der Waals surface area contributed by atoms with Crippen LogP contribution in [0.4, 0.5) is 0 Å². The van der Waals surface area contributed by atoms with E-state index in [1.165, 1.54) is 0 Å². The van der Waals surface area contributed by atoms with Crippen LogP contribution in [0.2, 0.25) is 0 Å². The van der Waals surface area contributed by atoms with E-state index >= 15 is 0 Å². The summed E-state index contributed by atoms with van der Waals surface area (Å²) in [4.78, 5) is 23.7. The average molecular weight is 360 g/mol. The zero-order chi connectivity index (χ0) is 19.9. The van der Waals surface area contributed by atoms with E-state index in [1.54, 1.807) is 6.92 Å². The lowest BCUT2D eigenvalue weighted by Gasteiger charge is -2.27. The molecule has 0 aliphatic rings. The van der Waals surface area contributed by atoms with Crippen LogP contribution in [-0.2, 0) is 14.3 Å². The Balaban J connectivity index is 2.52. The number of hydrogen-bond donors (Lipinski definition) is 1. The Bertz CT molecular complexity index is 692. The molecule has 1 N–H and O–H groups in total. The number of rotatable bonds is 8. The van der Waals surface area contributed by atoms with Crippen molar-refractivity contribution in [3.63, 3.8) is 0 Å². The van der Waals surface area contributed by atoms with Crippen LogP contribution >= 0.6 is 0 Å². The smallest absolute Gasteiger partial charge is 0.344 e. The van der Waals surface area contributed by atoms with Crippen molar-refractivity contribution in [1.82, 2.24) is 5.32 Å². The third-order valence-corrected chi connectivity index (χ3v) is 4.37. The van der Waals surface area contributed by atoms with E-state index in [0.29, 0.717) is 11.7 Å². The molecule has 26 heavy (non-hydrogen) atoms. The van der Waals surface area contributed by atoms with E-state index in [1.807, 2.05) is 39.0 Å². The normalized spacial score (nSPS) is 13.0. The van der Waals surface area contributed by atoms with Crippen molar-refractivity contribution in [2.24, 2.45) is 5.92 Å². The van der Waals surface area contributed by atoms with Gasteiger partial charge in [0.05, 0.1) is 6.07 Å². The Labute approximate surface area is 155 Å². The molecule has 0 saturated heterocycles. The lowest BCUT2D eigenvalue weighted by Crippen LogP contribution is -2.50. The van der Waals surface area contributed by atoms with Crippen LogP contribution < -0.4 is 10.1 Å². The molecule has 1 amide bonds. The molecule has 0 aliphatic carbocycles. The second-order valence-electron chi connectivity index (χ2n) is 7.15. The number of nitrogens with one attached hydrogen (secondary N) is 1.